The SMILES string of the molecule is CCCCCC12COC(c3ccc(-c4ccc(CCc5ccc(-c6cc(F)c(F)c(F)c6)c(F)c5)cc4)cc3)(OC1)OC2. The normalized spacial score (nSPS) is 21.3. The lowest BCUT2D eigenvalue weighted by molar-refractivity contribution is -0.480. The van der Waals surface area contributed by atoms with Crippen molar-refractivity contribution in [3.63, 3.8) is 0 Å². The van der Waals surface area contributed by atoms with Crippen LogP contribution in [-0.2, 0) is 33.0 Å². The van der Waals surface area contributed by atoms with Crippen molar-refractivity contribution in [1.82, 2.24) is 0 Å². The summed E-state index contributed by atoms with van der Waals surface area (Å²) >= 11 is 0. The Morgan fingerprint density at radius 1 is 0.605 bits per heavy atom. The Morgan fingerprint density at radius 2 is 1.16 bits per heavy atom. The van der Waals surface area contributed by atoms with Gasteiger partial charge in [0.25, 0.3) is 0 Å². The van der Waals surface area contributed by atoms with Crippen molar-refractivity contribution in [2.24, 2.45) is 5.41 Å². The van der Waals surface area contributed by atoms with E-state index in [2.05, 4.69) is 19.1 Å². The number of benzene rings is 4. The molecule has 3 saturated heterocycles. The highest BCUT2D eigenvalue weighted by molar-refractivity contribution is 5.65. The number of unbranched alkanes of at least 4 members (excludes halogenated alkanes) is 2. The maximum atomic E-state index is 14.8. The molecule has 0 radical (unpaired) electrons. The van der Waals surface area contributed by atoms with Gasteiger partial charge < -0.3 is 14.2 Å². The zero-order valence-corrected chi connectivity index (χ0v) is 24.1. The number of aryl methyl sites for hydroxylation is 2. The molecule has 0 saturated carbocycles. The number of fused-ring (bicyclic) bond motifs is 3. The summed E-state index contributed by atoms with van der Waals surface area (Å²) in [5.41, 5.74) is 4.74. The van der Waals surface area contributed by atoms with E-state index in [9.17, 15) is 17.6 Å². The summed E-state index contributed by atoms with van der Waals surface area (Å²) in [4.78, 5) is 0. The Balaban J connectivity index is 1.06. The first-order valence-corrected chi connectivity index (χ1v) is 14.8. The lowest BCUT2D eigenvalue weighted by atomic mass is 9.82. The van der Waals surface area contributed by atoms with Gasteiger partial charge in [-0.25, -0.2) is 17.6 Å². The summed E-state index contributed by atoms with van der Waals surface area (Å²) in [6.45, 7) is 4.13. The van der Waals surface area contributed by atoms with E-state index in [-0.39, 0.29) is 16.5 Å². The molecule has 224 valence electrons. The predicted octanol–water partition coefficient (Wildman–Crippen LogP) is 9.12. The molecular formula is C36H34F4O3. The van der Waals surface area contributed by atoms with Crippen LogP contribution < -0.4 is 0 Å². The van der Waals surface area contributed by atoms with Crippen LogP contribution in [0.2, 0.25) is 0 Å². The summed E-state index contributed by atoms with van der Waals surface area (Å²) < 4.78 is 73.7. The highest BCUT2D eigenvalue weighted by Gasteiger charge is 2.53. The van der Waals surface area contributed by atoms with E-state index >= 15 is 0 Å². The smallest absolute Gasteiger partial charge is 0.312 e. The first-order chi connectivity index (χ1) is 20.8. The molecule has 0 aliphatic carbocycles. The summed E-state index contributed by atoms with van der Waals surface area (Å²) in [6, 6.07) is 22.4. The van der Waals surface area contributed by atoms with Crippen LogP contribution in [0.1, 0.15) is 49.3 Å². The Hall–Kier alpha value is -3.52. The van der Waals surface area contributed by atoms with Crippen LogP contribution in [-0.4, -0.2) is 19.8 Å². The van der Waals surface area contributed by atoms with E-state index in [1.165, 1.54) is 25.0 Å². The molecule has 4 aromatic carbocycles. The van der Waals surface area contributed by atoms with Gasteiger partial charge in [0.15, 0.2) is 17.5 Å². The fourth-order valence-electron chi connectivity index (χ4n) is 5.89. The third kappa shape index (κ3) is 6.12. The van der Waals surface area contributed by atoms with Crippen LogP contribution in [0.15, 0.2) is 78.9 Å². The molecule has 0 atom stereocenters. The minimum absolute atomic E-state index is 0.0173. The van der Waals surface area contributed by atoms with Crippen molar-refractivity contribution in [1.29, 1.82) is 0 Å². The van der Waals surface area contributed by atoms with E-state index < -0.39 is 29.2 Å². The Bertz CT molecular complexity index is 1540. The molecule has 3 aliphatic heterocycles. The van der Waals surface area contributed by atoms with Gasteiger partial charge in [-0.05, 0) is 65.3 Å². The number of rotatable bonds is 10. The van der Waals surface area contributed by atoms with Crippen LogP contribution in [0.3, 0.4) is 0 Å². The van der Waals surface area contributed by atoms with E-state index in [0.29, 0.717) is 32.7 Å². The van der Waals surface area contributed by atoms with Crippen LogP contribution in [0.4, 0.5) is 17.6 Å². The molecule has 0 aromatic heterocycles. The fraction of sp³-hybridized carbons (Fsp3) is 0.333. The van der Waals surface area contributed by atoms with Gasteiger partial charge in [-0.15, -0.1) is 0 Å². The van der Waals surface area contributed by atoms with Gasteiger partial charge in [-0.2, -0.15) is 0 Å². The minimum atomic E-state index is -1.57. The molecule has 7 rings (SSSR count). The lowest BCUT2D eigenvalue weighted by Gasteiger charge is -2.52. The molecule has 3 fully saturated rings. The van der Waals surface area contributed by atoms with Gasteiger partial charge in [-0.1, -0.05) is 86.8 Å². The van der Waals surface area contributed by atoms with Crippen molar-refractivity contribution >= 4 is 0 Å². The number of hydrogen-bond acceptors (Lipinski definition) is 3. The minimum Gasteiger partial charge on any atom is -0.323 e. The molecule has 0 spiro atoms. The highest BCUT2D eigenvalue weighted by atomic mass is 19.2. The maximum absolute atomic E-state index is 14.8. The second-order valence-corrected chi connectivity index (χ2v) is 11.7. The third-order valence-corrected chi connectivity index (χ3v) is 8.57. The molecule has 0 unspecified atom stereocenters. The molecule has 0 amide bonds. The second-order valence-electron chi connectivity index (χ2n) is 11.7. The van der Waals surface area contributed by atoms with Crippen LogP contribution in [0.25, 0.3) is 22.3 Å². The molecular weight excluding hydrogens is 556 g/mol. The van der Waals surface area contributed by atoms with Crippen LogP contribution >= 0.6 is 0 Å². The van der Waals surface area contributed by atoms with Gasteiger partial charge in [0, 0.05) is 16.5 Å². The number of halogens is 4. The molecule has 3 nitrogen and oxygen atoms in total. The molecule has 4 aromatic rings. The number of hydrogen-bond donors (Lipinski definition) is 0. The van der Waals surface area contributed by atoms with Crippen LogP contribution in [0, 0.1) is 28.7 Å². The van der Waals surface area contributed by atoms with Crippen molar-refractivity contribution in [3.05, 3.63) is 119 Å². The van der Waals surface area contributed by atoms with Crippen molar-refractivity contribution in [3.8, 4) is 22.3 Å². The Morgan fingerprint density at radius 3 is 1.74 bits per heavy atom. The van der Waals surface area contributed by atoms with E-state index in [4.69, 9.17) is 14.2 Å². The molecule has 2 bridgehead atoms. The van der Waals surface area contributed by atoms with Crippen molar-refractivity contribution < 1.29 is 31.8 Å². The average Bonchev–Trinajstić information content (AvgIpc) is 3.04. The topological polar surface area (TPSA) is 27.7 Å². The zero-order valence-electron chi connectivity index (χ0n) is 24.1. The van der Waals surface area contributed by atoms with Crippen LogP contribution in [0.5, 0.6) is 0 Å². The largest absolute Gasteiger partial charge is 0.323 e. The number of ether oxygens (including phenoxy) is 3. The van der Waals surface area contributed by atoms with E-state index in [1.54, 1.807) is 6.07 Å². The van der Waals surface area contributed by atoms with Gasteiger partial charge in [0.1, 0.15) is 5.82 Å². The highest BCUT2D eigenvalue weighted by Crippen LogP contribution is 2.46. The predicted molar refractivity (Wildman–Crippen MR) is 157 cm³/mol. The second kappa shape index (κ2) is 12.2. The zero-order chi connectivity index (χ0) is 30.0. The van der Waals surface area contributed by atoms with E-state index in [0.717, 1.165) is 52.8 Å². The van der Waals surface area contributed by atoms with Gasteiger partial charge in [0.05, 0.1) is 19.8 Å². The van der Waals surface area contributed by atoms with Crippen molar-refractivity contribution in [2.45, 2.75) is 51.4 Å². The summed E-state index contributed by atoms with van der Waals surface area (Å²) in [6.07, 6.45) is 5.87. The van der Waals surface area contributed by atoms with Gasteiger partial charge >= 0.3 is 5.97 Å². The van der Waals surface area contributed by atoms with Crippen molar-refractivity contribution in [2.75, 3.05) is 19.8 Å². The Labute approximate surface area is 249 Å². The quantitative estimate of drug-likeness (QED) is 0.105. The monoisotopic (exact) mass is 590 g/mol. The summed E-state index contributed by atoms with van der Waals surface area (Å²) in [5, 5.41) is 0. The summed E-state index contributed by atoms with van der Waals surface area (Å²) in [5.74, 6) is -6.01. The Kier molecular flexibility index (Phi) is 8.40. The molecule has 7 heteroatoms. The standard InChI is InChI=1S/C36H34F4O3/c1-2-3-4-17-35-21-41-36(42-22-35,43-23-35)29-14-12-27(13-15-29)26-10-7-24(8-11-26)5-6-25-9-16-30(31(37)18-25)28-19-32(38)34(40)33(39)20-28/h7-16,18-20H,2-6,17,21-23H2,1H3. The molecule has 3 aliphatic rings. The first kappa shape index (κ1) is 29.5. The fourth-order valence-corrected chi connectivity index (χ4v) is 5.89. The molecule has 0 N–H and O–H groups in total. The maximum Gasteiger partial charge on any atom is 0.312 e. The lowest BCUT2D eigenvalue weighted by Crippen LogP contribution is -2.58. The first-order valence-electron chi connectivity index (χ1n) is 14.8. The van der Waals surface area contributed by atoms with E-state index in [1.807, 2.05) is 36.4 Å². The molecule has 43 heavy (non-hydrogen) atoms. The van der Waals surface area contributed by atoms with Gasteiger partial charge in [0.2, 0.25) is 0 Å². The average molecular weight is 591 g/mol. The van der Waals surface area contributed by atoms with Gasteiger partial charge in [-0.3, -0.25) is 0 Å². The third-order valence-electron chi connectivity index (χ3n) is 8.57. The molecule has 3 heterocycles. The summed E-state index contributed by atoms with van der Waals surface area (Å²) in [7, 11) is 0.